The van der Waals surface area contributed by atoms with Gasteiger partial charge in [-0.1, -0.05) is 25.4 Å². The van der Waals surface area contributed by atoms with E-state index in [0.29, 0.717) is 0 Å². The zero-order chi connectivity index (χ0) is 11.3. The quantitative estimate of drug-likeness (QED) is 0.601. The number of benzene rings is 1. The van der Waals surface area contributed by atoms with E-state index >= 15 is 0 Å². The van der Waals surface area contributed by atoms with Crippen LogP contribution in [-0.2, 0) is 0 Å². The van der Waals surface area contributed by atoms with E-state index in [-0.39, 0.29) is 0 Å². The van der Waals surface area contributed by atoms with Gasteiger partial charge in [0.25, 0.3) is 0 Å². The highest BCUT2D eigenvalue weighted by Crippen LogP contribution is 2.23. The Labute approximate surface area is 111 Å². The lowest BCUT2D eigenvalue weighted by Gasteiger charge is -2.09. The van der Waals surface area contributed by atoms with Crippen molar-refractivity contribution >= 4 is 39.9 Å². The summed E-state index contributed by atoms with van der Waals surface area (Å²) < 4.78 is 1.17. The van der Waals surface area contributed by atoms with E-state index in [4.69, 9.17) is 11.6 Å². The Morgan fingerprint density at radius 3 is 2.73 bits per heavy atom. The number of halogens is 2. The molecule has 1 N–H and O–H groups in total. The van der Waals surface area contributed by atoms with E-state index in [0.717, 1.165) is 23.2 Å². The van der Waals surface area contributed by atoms with Gasteiger partial charge in [-0.2, -0.15) is 0 Å². The first-order valence-electron chi connectivity index (χ1n) is 5.28. The van der Waals surface area contributed by atoms with Gasteiger partial charge in [0.05, 0.1) is 10.7 Å². The van der Waals surface area contributed by atoms with Crippen LogP contribution in [0.1, 0.15) is 26.7 Å². The summed E-state index contributed by atoms with van der Waals surface area (Å²) in [6.07, 6.45) is 2.45. The van der Waals surface area contributed by atoms with E-state index in [9.17, 15) is 0 Å². The minimum Gasteiger partial charge on any atom is -0.384 e. The van der Waals surface area contributed by atoms with Gasteiger partial charge >= 0.3 is 0 Å². The topological polar surface area (TPSA) is 12.0 Å². The molecule has 15 heavy (non-hydrogen) atoms. The fraction of sp³-hybridized carbons (Fsp3) is 0.500. The highest BCUT2D eigenvalue weighted by molar-refractivity contribution is 14.1. The highest BCUT2D eigenvalue weighted by Gasteiger charge is 2.00. The molecule has 0 aromatic heterocycles. The summed E-state index contributed by atoms with van der Waals surface area (Å²) in [5, 5.41) is 4.17. The van der Waals surface area contributed by atoms with Crippen LogP contribution in [-0.4, -0.2) is 6.54 Å². The van der Waals surface area contributed by atoms with E-state index in [1.54, 1.807) is 0 Å². The van der Waals surface area contributed by atoms with Gasteiger partial charge in [-0.3, -0.25) is 0 Å². The third-order valence-electron chi connectivity index (χ3n) is 2.20. The van der Waals surface area contributed by atoms with Crippen LogP contribution in [0.25, 0.3) is 0 Å². The maximum atomic E-state index is 6.10. The molecule has 0 aliphatic carbocycles. The van der Waals surface area contributed by atoms with Crippen LogP contribution in [0, 0.1) is 9.49 Å². The van der Waals surface area contributed by atoms with Crippen molar-refractivity contribution in [3.05, 3.63) is 26.8 Å². The summed E-state index contributed by atoms with van der Waals surface area (Å²) in [6.45, 7) is 5.49. The first-order chi connectivity index (χ1) is 7.09. The monoisotopic (exact) mass is 337 g/mol. The van der Waals surface area contributed by atoms with E-state index in [2.05, 4.69) is 47.8 Å². The molecule has 1 rings (SSSR count). The molecule has 1 nitrogen and oxygen atoms in total. The zero-order valence-corrected chi connectivity index (χ0v) is 12.1. The second-order valence-corrected chi connectivity index (χ2v) is 5.74. The van der Waals surface area contributed by atoms with E-state index < -0.39 is 0 Å². The summed E-state index contributed by atoms with van der Waals surface area (Å²) in [7, 11) is 0. The third kappa shape index (κ3) is 5.07. The summed E-state index contributed by atoms with van der Waals surface area (Å²) in [5.41, 5.74) is 1.04. The van der Waals surface area contributed by atoms with Crippen molar-refractivity contribution in [2.75, 3.05) is 11.9 Å². The summed E-state index contributed by atoms with van der Waals surface area (Å²) in [5.74, 6) is 0.777. The fourth-order valence-corrected chi connectivity index (χ4v) is 2.29. The Kier molecular flexibility index (Phi) is 5.75. The first-order valence-corrected chi connectivity index (χ1v) is 6.74. The van der Waals surface area contributed by atoms with Crippen LogP contribution in [0.5, 0.6) is 0 Å². The van der Waals surface area contributed by atoms with Gasteiger partial charge in [-0.15, -0.1) is 0 Å². The van der Waals surface area contributed by atoms with E-state index in [1.807, 2.05) is 12.1 Å². The third-order valence-corrected chi connectivity index (χ3v) is 3.19. The number of hydrogen-bond acceptors (Lipinski definition) is 1. The van der Waals surface area contributed by atoms with Crippen molar-refractivity contribution < 1.29 is 0 Å². The minimum absolute atomic E-state index is 0.777. The normalized spacial score (nSPS) is 10.7. The van der Waals surface area contributed by atoms with Crippen LogP contribution in [0.15, 0.2) is 18.2 Å². The predicted octanol–water partition coefficient (Wildman–Crippen LogP) is 4.79. The van der Waals surface area contributed by atoms with Crippen LogP contribution in [0.2, 0.25) is 5.02 Å². The lowest BCUT2D eigenvalue weighted by Crippen LogP contribution is -2.03. The molecule has 0 saturated heterocycles. The molecule has 0 atom stereocenters. The van der Waals surface area contributed by atoms with Crippen LogP contribution < -0.4 is 5.32 Å². The predicted molar refractivity (Wildman–Crippen MR) is 76.7 cm³/mol. The van der Waals surface area contributed by atoms with Gasteiger partial charge in [-0.25, -0.2) is 0 Å². The Bertz CT molecular complexity index is 312. The molecular formula is C12H17ClIN. The van der Waals surface area contributed by atoms with Gasteiger partial charge in [0.1, 0.15) is 0 Å². The lowest BCUT2D eigenvalue weighted by atomic mass is 10.1. The Morgan fingerprint density at radius 1 is 1.40 bits per heavy atom. The van der Waals surface area contributed by atoms with Crippen LogP contribution >= 0.6 is 34.2 Å². The molecule has 0 aliphatic heterocycles. The highest BCUT2D eigenvalue weighted by atomic mass is 127. The van der Waals surface area contributed by atoms with Gasteiger partial charge < -0.3 is 5.32 Å². The molecule has 1 aromatic rings. The molecule has 0 fully saturated rings. The molecular weight excluding hydrogens is 320 g/mol. The molecule has 0 heterocycles. The largest absolute Gasteiger partial charge is 0.384 e. The molecule has 1 aromatic carbocycles. The van der Waals surface area contributed by atoms with Crippen molar-refractivity contribution in [1.82, 2.24) is 0 Å². The van der Waals surface area contributed by atoms with Gasteiger partial charge in [0, 0.05) is 10.1 Å². The number of rotatable bonds is 5. The molecule has 3 heteroatoms. The van der Waals surface area contributed by atoms with Crippen LogP contribution in [0.3, 0.4) is 0 Å². The SMILES string of the molecule is CC(C)CCCNc1ccc(I)cc1Cl. The molecule has 0 saturated carbocycles. The van der Waals surface area contributed by atoms with Crippen LogP contribution in [0.4, 0.5) is 5.69 Å². The number of anilines is 1. The maximum Gasteiger partial charge on any atom is 0.0648 e. The van der Waals surface area contributed by atoms with Gasteiger partial charge in [0.15, 0.2) is 0 Å². The zero-order valence-electron chi connectivity index (χ0n) is 9.19. The molecule has 0 unspecified atom stereocenters. The summed E-state index contributed by atoms with van der Waals surface area (Å²) in [4.78, 5) is 0. The molecule has 0 aliphatic rings. The molecule has 84 valence electrons. The Hall–Kier alpha value is 0.0400. The number of hydrogen-bond donors (Lipinski definition) is 1. The molecule has 0 bridgehead atoms. The Balaban J connectivity index is 2.37. The fourth-order valence-electron chi connectivity index (χ4n) is 1.37. The summed E-state index contributed by atoms with van der Waals surface area (Å²) >= 11 is 8.37. The Morgan fingerprint density at radius 2 is 2.13 bits per heavy atom. The van der Waals surface area contributed by atoms with Gasteiger partial charge in [0.2, 0.25) is 0 Å². The average molecular weight is 338 g/mol. The van der Waals surface area contributed by atoms with Crippen molar-refractivity contribution in [3.8, 4) is 0 Å². The standard InChI is InChI=1S/C12H17ClIN/c1-9(2)4-3-7-15-12-6-5-10(14)8-11(12)13/h5-6,8-9,15H,3-4,7H2,1-2H3. The van der Waals surface area contributed by atoms with Crippen molar-refractivity contribution in [2.45, 2.75) is 26.7 Å². The lowest BCUT2D eigenvalue weighted by molar-refractivity contribution is 0.567. The van der Waals surface area contributed by atoms with Gasteiger partial charge in [-0.05, 0) is 59.5 Å². The molecule has 0 radical (unpaired) electrons. The van der Waals surface area contributed by atoms with Crippen molar-refractivity contribution in [1.29, 1.82) is 0 Å². The first kappa shape index (κ1) is 13.1. The second kappa shape index (κ2) is 6.59. The summed E-state index contributed by atoms with van der Waals surface area (Å²) in [6, 6.07) is 6.09. The smallest absolute Gasteiger partial charge is 0.0648 e. The van der Waals surface area contributed by atoms with Crippen molar-refractivity contribution in [3.63, 3.8) is 0 Å². The average Bonchev–Trinajstić information content (AvgIpc) is 2.14. The maximum absolute atomic E-state index is 6.10. The van der Waals surface area contributed by atoms with Crippen molar-refractivity contribution in [2.24, 2.45) is 5.92 Å². The minimum atomic E-state index is 0.777. The molecule has 0 amide bonds. The molecule has 0 spiro atoms. The van der Waals surface area contributed by atoms with E-state index in [1.165, 1.54) is 16.4 Å². The second-order valence-electron chi connectivity index (χ2n) is 4.09. The number of nitrogens with one attached hydrogen (secondary N) is 1.